The number of benzene rings is 2. The predicted molar refractivity (Wildman–Crippen MR) is 136 cm³/mol. The fourth-order valence-electron chi connectivity index (χ4n) is 4.40. The fraction of sp³-hybridized carbons (Fsp3) is 0.310. The smallest absolute Gasteiger partial charge is 0.257 e. The molecule has 0 fully saturated rings. The normalized spacial score (nSPS) is 19.6. The van der Waals surface area contributed by atoms with Crippen LogP contribution in [0.15, 0.2) is 66.9 Å². The minimum atomic E-state index is -0.659. The molecule has 188 valence electrons. The van der Waals surface area contributed by atoms with Crippen molar-refractivity contribution in [3.8, 4) is 11.6 Å². The summed E-state index contributed by atoms with van der Waals surface area (Å²) in [4.78, 5) is 16.7. The minimum absolute atomic E-state index is 0.0447. The second kappa shape index (κ2) is 10.9. The van der Waals surface area contributed by atoms with Gasteiger partial charge in [-0.15, -0.1) is 0 Å². The van der Waals surface area contributed by atoms with Gasteiger partial charge in [0.05, 0.1) is 6.20 Å². The molecule has 0 bridgehead atoms. The average molecular weight is 492 g/mol. The highest BCUT2D eigenvalue weighted by molar-refractivity contribution is 5.96. The van der Waals surface area contributed by atoms with E-state index in [9.17, 15) is 13.6 Å². The van der Waals surface area contributed by atoms with Crippen LogP contribution in [0.2, 0.25) is 0 Å². The summed E-state index contributed by atoms with van der Waals surface area (Å²) in [5.41, 5.74) is 3.38. The monoisotopic (exact) mass is 491 g/mol. The van der Waals surface area contributed by atoms with Crippen molar-refractivity contribution < 1.29 is 18.3 Å². The Labute approximate surface area is 210 Å². The lowest BCUT2D eigenvalue weighted by atomic mass is 9.79. The Morgan fingerprint density at radius 3 is 2.56 bits per heavy atom. The van der Waals surface area contributed by atoms with Crippen LogP contribution in [0.4, 0.5) is 8.78 Å². The van der Waals surface area contributed by atoms with Crippen molar-refractivity contribution >= 4 is 11.6 Å². The number of halogens is 2. The van der Waals surface area contributed by atoms with Crippen LogP contribution in [0.25, 0.3) is 5.70 Å². The molecule has 2 heterocycles. The van der Waals surface area contributed by atoms with Gasteiger partial charge in [0.15, 0.2) is 0 Å². The van der Waals surface area contributed by atoms with Crippen LogP contribution in [0.3, 0.4) is 0 Å². The maximum Gasteiger partial charge on any atom is 0.257 e. The Morgan fingerprint density at radius 1 is 1.14 bits per heavy atom. The third kappa shape index (κ3) is 6.27. The van der Waals surface area contributed by atoms with E-state index in [1.807, 2.05) is 24.3 Å². The van der Waals surface area contributed by atoms with Crippen LogP contribution in [-0.4, -0.2) is 16.9 Å². The zero-order valence-corrected chi connectivity index (χ0v) is 20.8. The number of nitrogens with zero attached hydrogens (tertiary/aromatic N) is 1. The summed E-state index contributed by atoms with van der Waals surface area (Å²) in [5.74, 6) is -1.37. The molecule has 2 N–H and O–H groups in total. The first-order valence-electron chi connectivity index (χ1n) is 12.2. The molecule has 4 rings (SSSR count). The Kier molecular flexibility index (Phi) is 7.67. The molecule has 0 saturated heterocycles. The highest BCUT2D eigenvalue weighted by Crippen LogP contribution is 2.35. The van der Waals surface area contributed by atoms with Gasteiger partial charge in [-0.3, -0.25) is 4.79 Å². The molecule has 7 heteroatoms. The molecule has 0 aliphatic carbocycles. The van der Waals surface area contributed by atoms with Crippen molar-refractivity contribution in [1.82, 2.24) is 15.6 Å². The first-order chi connectivity index (χ1) is 17.2. The summed E-state index contributed by atoms with van der Waals surface area (Å²) in [5, 5.41) is 6.42. The van der Waals surface area contributed by atoms with Gasteiger partial charge in [0.25, 0.3) is 5.91 Å². The Morgan fingerprint density at radius 2 is 1.86 bits per heavy atom. The number of hydrogen-bond acceptors (Lipinski definition) is 4. The number of aromatic nitrogens is 1. The van der Waals surface area contributed by atoms with Gasteiger partial charge in [0.2, 0.25) is 5.88 Å². The van der Waals surface area contributed by atoms with Crippen molar-refractivity contribution in [3.63, 3.8) is 0 Å². The van der Waals surface area contributed by atoms with E-state index in [4.69, 9.17) is 4.74 Å². The van der Waals surface area contributed by atoms with Crippen molar-refractivity contribution in [1.29, 1.82) is 0 Å². The Hall–Kier alpha value is -3.74. The third-order valence-corrected chi connectivity index (χ3v) is 6.66. The molecule has 2 unspecified atom stereocenters. The molecule has 1 amide bonds. The molecule has 3 aromatic rings. The Bertz CT molecular complexity index is 1240. The summed E-state index contributed by atoms with van der Waals surface area (Å²) < 4.78 is 32.6. The molecule has 0 radical (unpaired) electrons. The van der Waals surface area contributed by atoms with Gasteiger partial charge >= 0.3 is 0 Å². The number of allylic oxidation sites excluding steroid dienone is 1. The summed E-state index contributed by atoms with van der Waals surface area (Å²) in [7, 11) is 0. The topological polar surface area (TPSA) is 63.2 Å². The van der Waals surface area contributed by atoms with E-state index in [2.05, 4.69) is 42.5 Å². The highest BCUT2D eigenvalue weighted by Gasteiger charge is 2.27. The molecule has 0 saturated carbocycles. The third-order valence-electron chi connectivity index (χ3n) is 6.66. The van der Waals surface area contributed by atoms with Crippen LogP contribution < -0.4 is 15.4 Å². The zero-order chi connectivity index (χ0) is 25.7. The van der Waals surface area contributed by atoms with Crippen LogP contribution in [0, 0.1) is 17.0 Å². The maximum absolute atomic E-state index is 13.9. The van der Waals surface area contributed by atoms with Gasteiger partial charge in [0, 0.05) is 18.3 Å². The number of pyridine rings is 1. The van der Waals surface area contributed by atoms with E-state index >= 15 is 0 Å². The lowest BCUT2D eigenvalue weighted by Crippen LogP contribution is -2.28. The number of hydrogen-bond donors (Lipinski definition) is 2. The van der Waals surface area contributed by atoms with E-state index in [1.54, 1.807) is 0 Å². The van der Waals surface area contributed by atoms with Crippen molar-refractivity contribution in [2.24, 2.45) is 5.41 Å². The highest BCUT2D eigenvalue weighted by atomic mass is 19.1. The molecular formula is C29H31F2N3O2. The van der Waals surface area contributed by atoms with Crippen LogP contribution >= 0.6 is 0 Å². The largest absolute Gasteiger partial charge is 0.438 e. The van der Waals surface area contributed by atoms with Gasteiger partial charge in [-0.05, 0) is 66.6 Å². The van der Waals surface area contributed by atoms with Gasteiger partial charge in [-0.2, -0.15) is 0 Å². The fourth-order valence-corrected chi connectivity index (χ4v) is 4.40. The number of carbonyl (C=O) groups is 1. The van der Waals surface area contributed by atoms with E-state index in [0.29, 0.717) is 11.5 Å². The van der Waals surface area contributed by atoms with E-state index < -0.39 is 17.5 Å². The van der Waals surface area contributed by atoms with E-state index in [-0.39, 0.29) is 23.7 Å². The lowest BCUT2D eigenvalue weighted by molar-refractivity contribution is 0.0947. The summed E-state index contributed by atoms with van der Waals surface area (Å²) in [6.45, 7) is 7.04. The number of ether oxygens (including phenoxy) is 1. The molecule has 1 aliphatic rings. The number of amides is 1. The van der Waals surface area contributed by atoms with Crippen LogP contribution in [-0.2, 0) is 6.54 Å². The van der Waals surface area contributed by atoms with Gasteiger partial charge in [-0.25, -0.2) is 13.8 Å². The average Bonchev–Trinajstić information content (AvgIpc) is 3.03. The predicted octanol–water partition coefficient (Wildman–Crippen LogP) is 6.61. The number of nitrogens with one attached hydrogen (secondary N) is 2. The number of carbonyl (C=O) groups excluding carboxylic acids is 1. The quantitative estimate of drug-likeness (QED) is 0.390. The zero-order valence-electron chi connectivity index (χ0n) is 20.8. The first-order valence-corrected chi connectivity index (χ1v) is 12.2. The SMILES string of the molecule is CCC1(C)CC=C(c2ccc(CNC(=O)c3cc(F)cnc3Oc3ccc(F)cc3)cc2)NC(C)C1. The summed E-state index contributed by atoms with van der Waals surface area (Å²) in [6.07, 6.45) is 6.53. The minimum Gasteiger partial charge on any atom is -0.438 e. The van der Waals surface area contributed by atoms with Crippen LogP contribution in [0.5, 0.6) is 11.6 Å². The van der Waals surface area contributed by atoms with Crippen LogP contribution in [0.1, 0.15) is 61.5 Å². The maximum atomic E-state index is 13.9. The van der Waals surface area contributed by atoms with Gasteiger partial charge in [0.1, 0.15) is 22.9 Å². The molecular weight excluding hydrogens is 460 g/mol. The van der Waals surface area contributed by atoms with E-state index in [1.165, 1.54) is 24.3 Å². The second-order valence-corrected chi connectivity index (χ2v) is 9.68. The molecule has 2 atom stereocenters. The molecule has 36 heavy (non-hydrogen) atoms. The molecule has 0 spiro atoms. The molecule has 1 aliphatic heterocycles. The Balaban J connectivity index is 1.43. The molecule has 5 nitrogen and oxygen atoms in total. The van der Waals surface area contributed by atoms with Crippen molar-refractivity contribution in [3.05, 3.63) is 95.2 Å². The summed E-state index contributed by atoms with van der Waals surface area (Å²) >= 11 is 0. The van der Waals surface area contributed by atoms with Gasteiger partial charge < -0.3 is 15.4 Å². The molecule has 2 aromatic carbocycles. The summed E-state index contributed by atoms with van der Waals surface area (Å²) in [6, 6.07) is 14.7. The van der Waals surface area contributed by atoms with Crippen molar-refractivity contribution in [2.75, 3.05) is 0 Å². The number of rotatable bonds is 7. The van der Waals surface area contributed by atoms with E-state index in [0.717, 1.165) is 48.3 Å². The molecule has 1 aromatic heterocycles. The van der Waals surface area contributed by atoms with Gasteiger partial charge in [-0.1, -0.05) is 50.6 Å². The second-order valence-electron chi connectivity index (χ2n) is 9.68. The standard InChI is InChI=1S/C29H31F2N3O2/c1-4-29(3)14-13-26(34-19(2)16-29)21-7-5-20(6-8-21)17-32-27(35)25-15-23(31)18-33-28(25)36-24-11-9-22(30)10-12-24/h5-13,15,18-19,34H,4,14,16-17H2,1-3H3,(H,32,35). The van der Waals surface area contributed by atoms with Crippen molar-refractivity contribution in [2.45, 2.75) is 52.6 Å². The lowest BCUT2D eigenvalue weighted by Gasteiger charge is -2.28. The first kappa shape index (κ1) is 25.4.